The van der Waals surface area contributed by atoms with Crippen LogP contribution in [0.4, 0.5) is 5.69 Å². The van der Waals surface area contributed by atoms with Crippen LogP contribution in [-0.2, 0) is 14.8 Å². The predicted octanol–water partition coefficient (Wildman–Crippen LogP) is 3.45. The van der Waals surface area contributed by atoms with Gasteiger partial charge in [0.05, 0.1) is 30.4 Å². The van der Waals surface area contributed by atoms with Crippen molar-refractivity contribution >= 4 is 21.6 Å². The molecule has 0 aliphatic carbocycles. The van der Waals surface area contributed by atoms with Gasteiger partial charge >= 0.3 is 0 Å². The Labute approximate surface area is 237 Å². The third-order valence-corrected chi connectivity index (χ3v) is 8.71. The maximum atomic E-state index is 14.1. The Morgan fingerprint density at radius 3 is 2.58 bits per heavy atom. The molecule has 0 radical (unpaired) electrons. The third-order valence-electron chi connectivity index (χ3n) is 7.09. The number of likely N-dealkylation sites (N-methyl/N-ethyl adjacent to an activating group) is 1. The molecule has 3 rings (SSSR count). The molecule has 224 valence electrons. The number of aliphatic hydroxyl groups is 1. The molecule has 2 heterocycles. The summed E-state index contributed by atoms with van der Waals surface area (Å²) in [5.74, 6) is 0.129. The van der Waals surface area contributed by atoms with Crippen molar-refractivity contribution in [3.05, 3.63) is 35.2 Å². The summed E-state index contributed by atoms with van der Waals surface area (Å²) in [6, 6.07) is 4.18. The Morgan fingerprint density at radius 1 is 1.23 bits per heavy atom. The zero-order valence-corrected chi connectivity index (χ0v) is 25.5. The van der Waals surface area contributed by atoms with Crippen LogP contribution in [0.1, 0.15) is 61.8 Å². The molecule has 1 aromatic heterocycles. The maximum Gasteiger partial charge on any atom is 0.267 e. The topological polar surface area (TPSA) is 134 Å². The molecule has 0 saturated carbocycles. The van der Waals surface area contributed by atoms with Gasteiger partial charge in [-0.3, -0.25) is 9.52 Å². The molecule has 0 unspecified atom stereocenters. The number of ether oxygens (including phenoxy) is 2. The number of hydrogen-bond acceptors (Lipinski definition) is 9. The van der Waals surface area contributed by atoms with Gasteiger partial charge in [-0.1, -0.05) is 12.1 Å². The largest absolute Gasteiger partial charge is 0.490 e. The number of nitrogens with one attached hydrogen (secondary N) is 1. The number of carbonyl (C=O) groups excluding carboxylic acids is 1. The van der Waals surface area contributed by atoms with Gasteiger partial charge in [0, 0.05) is 31.3 Å². The normalized spacial score (nSPS) is 22.4. The number of carbonyl (C=O) groups is 1. The highest BCUT2D eigenvalue weighted by Gasteiger charge is 2.31. The van der Waals surface area contributed by atoms with Crippen molar-refractivity contribution in [1.82, 2.24) is 15.0 Å². The van der Waals surface area contributed by atoms with Crippen molar-refractivity contribution in [1.29, 1.82) is 0 Å². The number of sulfonamides is 1. The van der Waals surface area contributed by atoms with Crippen LogP contribution >= 0.6 is 0 Å². The molecule has 0 bridgehead atoms. The highest BCUT2D eigenvalue weighted by atomic mass is 32.2. The van der Waals surface area contributed by atoms with Gasteiger partial charge in [0.15, 0.2) is 10.7 Å². The number of rotatable bonds is 7. The number of fused-ring (bicyclic) bond motifs is 1. The standard InChI is InChI=1S/C28H44N4O7S/c1-18-15-32(19(2)17-33)28(34)24-14-23(30-40(35,36)27-21(4)29-39-22(27)5)11-12-25(24)38-20(3)10-8-9-13-37-26(18)16-31(6)7/h11-12,14,18-20,26,30,33H,8-10,13,15-17H2,1-7H3/t18-,19-,20-,26-/m1/s1. The van der Waals surface area contributed by atoms with Gasteiger partial charge in [-0.2, -0.15) is 0 Å². The van der Waals surface area contributed by atoms with Crippen molar-refractivity contribution in [2.75, 3.05) is 45.1 Å². The molecule has 1 aliphatic heterocycles. The molecule has 2 aromatic rings. The second-order valence-electron chi connectivity index (χ2n) is 11.0. The van der Waals surface area contributed by atoms with E-state index in [2.05, 4.69) is 14.8 Å². The lowest BCUT2D eigenvalue weighted by Crippen LogP contribution is -2.47. The van der Waals surface area contributed by atoms with Crippen LogP contribution in [0.15, 0.2) is 27.6 Å². The zero-order chi connectivity index (χ0) is 29.6. The Bertz CT molecular complexity index is 1230. The van der Waals surface area contributed by atoms with Crippen molar-refractivity contribution in [3.63, 3.8) is 0 Å². The minimum absolute atomic E-state index is 0.0344. The monoisotopic (exact) mass is 580 g/mol. The van der Waals surface area contributed by atoms with E-state index >= 15 is 0 Å². The second kappa shape index (κ2) is 13.8. The molecule has 4 atom stereocenters. The van der Waals surface area contributed by atoms with E-state index in [1.54, 1.807) is 30.9 Å². The van der Waals surface area contributed by atoms with E-state index in [4.69, 9.17) is 14.0 Å². The lowest BCUT2D eigenvalue weighted by molar-refractivity contribution is -0.0137. The molecule has 2 N–H and O–H groups in total. The Hall–Kier alpha value is -2.67. The van der Waals surface area contributed by atoms with E-state index in [-0.39, 0.29) is 58.2 Å². The zero-order valence-electron chi connectivity index (χ0n) is 24.6. The van der Waals surface area contributed by atoms with E-state index < -0.39 is 16.1 Å². The average Bonchev–Trinajstić information content (AvgIpc) is 3.23. The van der Waals surface area contributed by atoms with Crippen LogP contribution in [0.25, 0.3) is 0 Å². The molecule has 12 heteroatoms. The Kier molecular flexibility index (Phi) is 11.0. The summed E-state index contributed by atoms with van der Waals surface area (Å²) in [5, 5.41) is 13.8. The second-order valence-corrected chi connectivity index (χ2v) is 12.7. The first-order chi connectivity index (χ1) is 18.8. The van der Waals surface area contributed by atoms with Crippen LogP contribution in [0.3, 0.4) is 0 Å². The lowest BCUT2D eigenvalue weighted by atomic mass is 10.0. The minimum Gasteiger partial charge on any atom is -0.490 e. The van der Waals surface area contributed by atoms with E-state index in [0.717, 1.165) is 19.3 Å². The highest BCUT2D eigenvalue weighted by Crippen LogP contribution is 2.30. The molecular weight excluding hydrogens is 536 g/mol. The Morgan fingerprint density at radius 2 is 1.95 bits per heavy atom. The number of hydrogen-bond donors (Lipinski definition) is 2. The quantitative estimate of drug-likeness (QED) is 0.505. The highest BCUT2D eigenvalue weighted by molar-refractivity contribution is 7.92. The summed E-state index contributed by atoms with van der Waals surface area (Å²) >= 11 is 0. The first-order valence-electron chi connectivity index (χ1n) is 13.8. The smallest absolute Gasteiger partial charge is 0.267 e. The number of aliphatic hydroxyl groups excluding tert-OH is 1. The summed E-state index contributed by atoms with van der Waals surface area (Å²) < 4.78 is 46.4. The number of anilines is 1. The van der Waals surface area contributed by atoms with Crippen molar-refractivity contribution in [2.24, 2.45) is 5.92 Å². The van der Waals surface area contributed by atoms with Gasteiger partial charge in [0.25, 0.3) is 15.9 Å². The molecule has 40 heavy (non-hydrogen) atoms. The summed E-state index contributed by atoms with van der Waals surface area (Å²) in [7, 11) is -0.0559. The van der Waals surface area contributed by atoms with Gasteiger partial charge in [-0.25, -0.2) is 8.42 Å². The predicted molar refractivity (Wildman–Crippen MR) is 152 cm³/mol. The first-order valence-corrected chi connectivity index (χ1v) is 15.3. The lowest BCUT2D eigenvalue weighted by Gasteiger charge is -2.35. The molecule has 11 nitrogen and oxygen atoms in total. The molecular formula is C28H44N4O7S. The maximum absolute atomic E-state index is 14.1. The van der Waals surface area contributed by atoms with Crippen LogP contribution in [0, 0.1) is 19.8 Å². The van der Waals surface area contributed by atoms with Gasteiger partial charge in [-0.05, 0) is 79.3 Å². The van der Waals surface area contributed by atoms with E-state index in [9.17, 15) is 18.3 Å². The van der Waals surface area contributed by atoms with E-state index in [1.807, 2.05) is 27.9 Å². The summed E-state index contributed by atoms with van der Waals surface area (Å²) in [5.41, 5.74) is 0.645. The fourth-order valence-electron chi connectivity index (χ4n) is 4.87. The van der Waals surface area contributed by atoms with Gasteiger partial charge in [0.1, 0.15) is 11.4 Å². The van der Waals surface area contributed by atoms with Gasteiger partial charge in [-0.15, -0.1) is 0 Å². The van der Waals surface area contributed by atoms with E-state index in [1.165, 1.54) is 13.0 Å². The number of aryl methyl sites for hydroxylation is 2. The molecule has 0 spiro atoms. The molecule has 1 aromatic carbocycles. The van der Waals surface area contributed by atoms with E-state index in [0.29, 0.717) is 25.4 Å². The summed E-state index contributed by atoms with van der Waals surface area (Å²) in [6.07, 6.45) is 2.26. The molecule has 0 fully saturated rings. The Balaban J connectivity index is 2.04. The average molecular weight is 581 g/mol. The first kappa shape index (κ1) is 31.9. The van der Waals surface area contributed by atoms with Crippen molar-refractivity contribution < 1.29 is 32.3 Å². The van der Waals surface area contributed by atoms with Crippen LogP contribution in [0.2, 0.25) is 0 Å². The van der Waals surface area contributed by atoms with Gasteiger partial charge in [0.2, 0.25) is 0 Å². The number of aromatic nitrogens is 1. The summed E-state index contributed by atoms with van der Waals surface area (Å²) in [4.78, 5) is 17.8. The number of benzene rings is 1. The SMILES string of the molecule is Cc1noc(C)c1S(=O)(=O)Nc1ccc2c(c1)C(=O)N([C@H](C)CO)C[C@@H](C)[C@@H](CN(C)C)OCCCC[C@@H](C)O2. The third kappa shape index (κ3) is 7.96. The molecule has 1 amide bonds. The summed E-state index contributed by atoms with van der Waals surface area (Å²) in [6.45, 7) is 10.3. The van der Waals surface area contributed by atoms with Crippen LogP contribution < -0.4 is 9.46 Å². The number of nitrogens with zero attached hydrogens (tertiary/aromatic N) is 3. The van der Waals surface area contributed by atoms with Crippen LogP contribution in [-0.4, -0.2) is 93.0 Å². The van der Waals surface area contributed by atoms with Gasteiger partial charge < -0.3 is 28.9 Å². The van der Waals surface area contributed by atoms with Crippen LogP contribution in [0.5, 0.6) is 5.75 Å². The number of amides is 1. The fraction of sp³-hybridized carbons (Fsp3) is 0.643. The van der Waals surface area contributed by atoms with Crippen molar-refractivity contribution in [2.45, 2.75) is 77.0 Å². The molecule has 1 aliphatic rings. The molecule has 0 saturated heterocycles. The minimum atomic E-state index is -4.03. The fourth-order valence-corrected chi connectivity index (χ4v) is 6.25. The van der Waals surface area contributed by atoms with Crippen molar-refractivity contribution in [3.8, 4) is 5.75 Å².